The number of carbonyl (C=O) groups is 1. The standard InChI is InChI=1S/CH2O3.ClH.2K.H3O4P/c2-1(3)4;;;;1-5(2,3)4/h(H2,2,3,4);1H;;;(H3,1,2,3,4)/q;;2*+1;/p-2. The van der Waals surface area contributed by atoms with E-state index in [1.165, 1.54) is 0 Å². The predicted octanol–water partition coefficient (Wildman–Crippen LogP) is -10.3. The van der Waals surface area contributed by atoms with E-state index in [0.29, 0.717) is 0 Å². The Labute approximate surface area is 159 Å². The SMILES string of the molecule is O=C(O)O.O=P([O-])(O)O.[Cl-].[K+].[K+]. The van der Waals surface area contributed by atoms with Crippen LogP contribution in [-0.2, 0) is 4.57 Å². The molecule has 0 saturated carbocycles. The number of halogens is 1. The van der Waals surface area contributed by atoms with Crippen molar-refractivity contribution in [3.8, 4) is 0 Å². The maximum absolute atomic E-state index is 8.77. The van der Waals surface area contributed by atoms with Gasteiger partial charge < -0.3 is 37.3 Å². The Bertz CT molecular complexity index is 121. The molecule has 0 fully saturated rings. The first kappa shape index (κ1) is 29.4. The molecule has 0 amide bonds. The van der Waals surface area contributed by atoms with Gasteiger partial charge in [0, 0.05) is 0 Å². The van der Waals surface area contributed by atoms with Crippen LogP contribution in [0.3, 0.4) is 0 Å². The minimum Gasteiger partial charge on any atom is -1.00 e. The number of phosphoric acid groups is 1. The van der Waals surface area contributed by atoms with E-state index in [1.54, 1.807) is 0 Å². The van der Waals surface area contributed by atoms with E-state index in [-0.39, 0.29) is 115 Å². The summed E-state index contributed by atoms with van der Waals surface area (Å²) in [6.07, 6.45) is -1.83. The molecule has 0 atom stereocenters. The fourth-order valence-electron chi connectivity index (χ4n) is 0. The summed E-state index contributed by atoms with van der Waals surface area (Å²) in [7, 11) is -4.89. The molecular formula is CH4ClK2O7P. The molecule has 7 nitrogen and oxygen atoms in total. The molecule has 0 aromatic rings. The molecule has 0 spiro atoms. The molecule has 0 aromatic heterocycles. The maximum Gasteiger partial charge on any atom is 1.00 e. The van der Waals surface area contributed by atoms with Crippen molar-refractivity contribution in [3.05, 3.63) is 0 Å². The first-order chi connectivity index (χ1) is 3.73. The summed E-state index contributed by atoms with van der Waals surface area (Å²) in [5.41, 5.74) is 0. The van der Waals surface area contributed by atoms with Gasteiger partial charge in [-0.1, -0.05) is 0 Å². The molecule has 0 rings (SSSR count). The van der Waals surface area contributed by atoms with Crippen molar-refractivity contribution in [1.82, 2.24) is 0 Å². The Morgan fingerprint density at radius 2 is 1.17 bits per heavy atom. The zero-order chi connectivity index (χ0) is 8.08. The van der Waals surface area contributed by atoms with Gasteiger partial charge in [-0.15, -0.1) is 0 Å². The molecular weight excluding hydrogens is 269 g/mol. The van der Waals surface area contributed by atoms with Crippen LogP contribution in [0.5, 0.6) is 0 Å². The summed E-state index contributed by atoms with van der Waals surface area (Å²) in [4.78, 5) is 31.5. The van der Waals surface area contributed by atoms with Crippen LogP contribution in [-0.4, -0.2) is 26.2 Å². The summed E-state index contributed by atoms with van der Waals surface area (Å²) in [6, 6.07) is 0. The molecule has 0 heterocycles. The maximum atomic E-state index is 8.77. The fourth-order valence-corrected chi connectivity index (χ4v) is 0. The van der Waals surface area contributed by atoms with Gasteiger partial charge in [0.1, 0.15) is 0 Å². The summed E-state index contributed by atoms with van der Waals surface area (Å²) < 4.78 is 8.77. The van der Waals surface area contributed by atoms with Crippen molar-refractivity contribution in [3.63, 3.8) is 0 Å². The summed E-state index contributed by atoms with van der Waals surface area (Å²) in [5.74, 6) is 0. The second kappa shape index (κ2) is 16.4. The molecule has 11 heteroatoms. The van der Waals surface area contributed by atoms with Crippen LogP contribution in [0.2, 0.25) is 0 Å². The van der Waals surface area contributed by atoms with E-state index in [1.807, 2.05) is 0 Å². The molecule has 64 valence electrons. The van der Waals surface area contributed by atoms with Gasteiger partial charge in [-0.05, 0) is 0 Å². The molecule has 4 N–H and O–H groups in total. The Balaban J connectivity index is -0.0000000221. The van der Waals surface area contributed by atoms with E-state index in [9.17, 15) is 0 Å². The summed E-state index contributed by atoms with van der Waals surface area (Å²) in [5, 5.41) is 13.9. The van der Waals surface area contributed by atoms with Crippen molar-refractivity contribution >= 4 is 14.0 Å². The van der Waals surface area contributed by atoms with Crippen LogP contribution >= 0.6 is 7.82 Å². The zero-order valence-corrected chi connectivity index (χ0v) is 14.2. The van der Waals surface area contributed by atoms with Crippen LogP contribution in [0.4, 0.5) is 4.79 Å². The Kier molecular flexibility index (Phi) is 40.1. The fraction of sp³-hybridized carbons (Fsp3) is 0. The minimum absolute atomic E-state index is 0. The minimum atomic E-state index is -4.89. The average Bonchev–Trinajstić information content (AvgIpc) is 1.19. The molecule has 0 radical (unpaired) electrons. The molecule has 0 aliphatic carbocycles. The average molecular weight is 273 g/mol. The predicted molar refractivity (Wildman–Crippen MR) is 22.7 cm³/mol. The van der Waals surface area contributed by atoms with Crippen molar-refractivity contribution in [2.24, 2.45) is 0 Å². The zero-order valence-electron chi connectivity index (χ0n) is 6.34. The number of carboxylic acid groups (broad SMARTS) is 2. The van der Waals surface area contributed by atoms with Crippen molar-refractivity contribution in [2.45, 2.75) is 0 Å². The van der Waals surface area contributed by atoms with E-state index >= 15 is 0 Å². The summed E-state index contributed by atoms with van der Waals surface area (Å²) >= 11 is 0. The van der Waals surface area contributed by atoms with Gasteiger partial charge in [-0.3, -0.25) is 4.57 Å². The quantitative estimate of drug-likeness (QED) is 0.254. The second-order valence-corrected chi connectivity index (χ2v) is 1.75. The molecule has 0 aliphatic heterocycles. The van der Waals surface area contributed by atoms with Crippen LogP contribution in [0.15, 0.2) is 0 Å². The smallest absolute Gasteiger partial charge is 1.00 e. The van der Waals surface area contributed by atoms with Gasteiger partial charge in [0.2, 0.25) is 0 Å². The molecule has 0 unspecified atom stereocenters. The van der Waals surface area contributed by atoms with E-state index in [2.05, 4.69) is 0 Å². The topological polar surface area (TPSA) is 138 Å². The third-order valence-corrected chi connectivity index (χ3v) is 0. The van der Waals surface area contributed by atoms with Crippen LogP contribution in [0.25, 0.3) is 0 Å². The van der Waals surface area contributed by atoms with Gasteiger partial charge >= 0.3 is 109 Å². The molecule has 0 saturated heterocycles. The number of hydrogen-bond acceptors (Lipinski definition) is 3. The van der Waals surface area contributed by atoms with Gasteiger partial charge in [0.25, 0.3) is 7.82 Å². The van der Waals surface area contributed by atoms with Crippen LogP contribution < -0.4 is 120 Å². The van der Waals surface area contributed by atoms with E-state index in [4.69, 9.17) is 34.3 Å². The van der Waals surface area contributed by atoms with Gasteiger partial charge in [-0.2, -0.15) is 0 Å². The molecule has 0 aliphatic rings. The third-order valence-electron chi connectivity index (χ3n) is 0. The number of rotatable bonds is 0. The Morgan fingerprint density at radius 3 is 1.17 bits per heavy atom. The Morgan fingerprint density at radius 1 is 1.17 bits per heavy atom. The van der Waals surface area contributed by atoms with Crippen molar-refractivity contribution < 1.29 is 149 Å². The van der Waals surface area contributed by atoms with Crippen molar-refractivity contribution in [1.29, 1.82) is 0 Å². The second-order valence-electron chi connectivity index (χ2n) is 0.773. The molecule has 0 aromatic carbocycles. The van der Waals surface area contributed by atoms with Gasteiger partial charge in [0.15, 0.2) is 0 Å². The normalized spacial score (nSPS) is 6.92. The molecule has 0 bridgehead atoms. The van der Waals surface area contributed by atoms with Gasteiger partial charge in [-0.25, -0.2) is 4.79 Å². The third kappa shape index (κ3) is 213. The van der Waals surface area contributed by atoms with E-state index in [0.717, 1.165) is 0 Å². The Hall–Kier alpha value is 2.94. The monoisotopic (exact) mass is 272 g/mol. The summed E-state index contributed by atoms with van der Waals surface area (Å²) in [6.45, 7) is 0. The van der Waals surface area contributed by atoms with Gasteiger partial charge in [0.05, 0.1) is 0 Å². The largest absolute Gasteiger partial charge is 1.00 e. The van der Waals surface area contributed by atoms with Crippen LogP contribution in [0.1, 0.15) is 0 Å². The van der Waals surface area contributed by atoms with Crippen molar-refractivity contribution in [2.75, 3.05) is 0 Å². The first-order valence-corrected chi connectivity index (χ1v) is 2.95. The molecule has 12 heavy (non-hydrogen) atoms. The first-order valence-electron chi connectivity index (χ1n) is 1.42. The van der Waals surface area contributed by atoms with Crippen LogP contribution in [0, 0.1) is 0 Å². The van der Waals surface area contributed by atoms with E-state index < -0.39 is 14.0 Å². The number of hydrogen-bond donors (Lipinski definition) is 4.